The van der Waals surface area contributed by atoms with Crippen molar-refractivity contribution in [1.82, 2.24) is 9.80 Å². The molecule has 1 fully saturated rings. The molecule has 3 rings (SSSR count). The molecule has 0 spiro atoms. The summed E-state index contributed by atoms with van der Waals surface area (Å²) in [6, 6.07) is 7.95. The molecule has 1 heterocycles. The average molecular weight is 326 g/mol. The Morgan fingerprint density at radius 1 is 1.08 bits per heavy atom. The highest BCUT2D eigenvalue weighted by atomic mass is 16.2. The zero-order valence-electron chi connectivity index (χ0n) is 14.1. The second kappa shape index (κ2) is 6.59. The highest BCUT2D eigenvalue weighted by molar-refractivity contribution is 6.07. The van der Waals surface area contributed by atoms with Crippen molar-refractivity contribution in [1.29, 1.82) is 0 Å². The Morgan fingerprint density at radius 2 is 1.62 bits per heavy atom. The van der Waals surface area contributed by atoms with Gasteiger partial charge in [-0.2, -0.15) is 0 Å². The molecule has 5 nitrogen and oxygen atoms in total. The average Bonchev–Trinajstić information content (AvgIpc) is 2.82. The molecule has 0 N–H and O–H groups in total. The number of amides is 3. The Balaban J connectivity index is 1.63. The molecule has 1 aromatic carbocycles. The number of imide groups is 1. The second-order valence-electron chi connectivity index (χ2n) is 6.65. The molecule has 1 aromatic rings. The maximum absolute atomic E-state index is 12.4. The lowest BCUT2D eigenvalue weighted by atomic mass is 9.85. The molecule has 1 saturated heterocycles. The maximum Gasteiger partial charge on any atom is 0.242 e. The van der Waals surface area contributed by atoms with Crippen LogP contribution in [0.5, 0.6) is 0 Å². The van der Waals surface area contributed by atoms with Gasteiger partial charge >= 0.3 is 0 Å². The summed E-state index contributed by atoms with van der Waals surface area (Å²) in [7, 11) is 1.70. The van der Waals surface area contributed by atoms with Gasteiger partial charge in [0.2, 0.25) is 17.7 Å². The second-order valence-corrected chi connectivity index (χ2v) is 6.65. The van der Waals surface area contributed by atoms with E-state index < -0.39 is 0 Å². The third-order valence-corrected chi connectivity index (χ3v) is 4.86. The lowest BCUT2D eigenvalue weighted by Gasteiger charge is -2.21. The van der Waals surface area contributed by atoms with Gasteiger partial charge in [-0.15, -0.1) is 0 Å². The number of nitrogens with zero attached hydrogens (tertiary/aromatic N) is 2. The molecule has 0 saturated carbocycles. The van der Waals surface area contributed by atoms with Gasteiger partial charge in [-0.05, 0) is 25.3 Å². The third-order valence-electron chi connectivity index (χ3n) is 4.86. The SMILES string of the molecule is Cc1ccc(CN(C)C(=O)CN2C(=O)[C@H]3CC=CC[C@H]3C2=O)cc1. The monoisotopic (exact) mass is 326 g/mol. The number of likely N-dealkylation sites (N-methyl/N-ethyl adjacent to an activating group) is 1. The van der Waals surface area contributed by atoms with Gasteiger partial charge in [0.1, 0.15) is 6.54 Å². The third kappa shape index (κ3) is 3.11. The number of likely N-dealkylation sites (tertiary alicyclic amines) is 1. The van der Waals surface area contributed by atoms with E-state index in [2.05, 4.69) is 0 Å². The van der Waals surface area contributed by atoms with Crippen molar-refractivity contribution >= 4 is 17.7 Å². The lowest BCUT2D eigenvalue weighted by Crippen LogP contribution is -2.41. The minimum atomic E-state index is -0.280. The summed E-state index contributed by atoms with van der Waals surface area (Å²) in [5.41, 5.74) is 2.19. The van der Waals surface area contributed by atoms with Crippen molar-refractivity contribution in [2.45, 2.75) is 26.3 Å². The van der Waals surface area contributed by atoms with Crippen LogP contribution in [-0.2, 0) is 20.9 Å². The molecule has 0 aromatic heterocycles. The summed E-state index contributed by atoms with van der Waals surface area (Å²) < 4.78 is 0. The first-order valence-corrected chi connectivity index (χ1v) is 8.27. The van der Waals surface area contributed by atoms with Gasteiger partial charge in [-0.3, -0.25) is 19.3 Å². The van der Waals surface area contributed by atoms with E-state index in [0.717, 1.165) is 16.0 Å². The van der Waals surface area contributed by atoms with Crippen molar-refractivity contribution in [3.05, 3.63) is 47.5 Å². The summed E-state index contributed by atoms with van der Waals surface area (Å²) in [6.45, 7) is 2.31. The van der Waals surface area contributed by atoms with Crippen molar-refractivity contribution in [2.75, 3.05) is 13.6 Å². The Morgan fingerprint density at radius 3 is 2.17 bits per heavy atom. The molecule has 3 amide bonds. The van der Waals surface area contributed by atoms with Crippen LogP contribution in [0.25, 0.3) is 0 Å². The van der Waals surface area contributed by atoms with E-state index in [1.807, 2.05) is 43.3 Å². The molecule has 5 heteroatoms. The first-order chi connectivity index (χ1) is 11.5. The van der Waals surface area contributed by atoms with E-state index in [0.29, 0.717) is 19.4 Å². The molecule has 2 atom stereocenters. The van der Waals surface area contributed by atoms with Crippen LogP contribution in [0.15, 0.2) is 36.4 Å². The molecule has 1 aliphatic heterocycles. The topological polar surface area (TPSA) is 57.7 Å². The van der Waals surface area contributed by atoms with Crippen LogP contribution >= 0.6 is 0 Å². The van der Waals surface area contributed by atoms with Crippen LogP contribution in [0.3, 0.4) is 0 Å². The van der Waals surface area contributed by atoms with E-state index >= 15 is 0 Å². The number of carbonyl (C=O) groups is 3. The number of benzene rings is 1. The predicted molar refractivity (Wildman–Crippen MR) is 89.7 cm³/mol. The Kier molecular flexibility index (Phi) is 4.51. The molecule has 126 valence electrons. The fraction of sp³-hybridized carbons (Fsp3) is 0.421. The standard InChI is InChI=1S/C19H22N2O3/c1-13-7-9-14(10-8-13)11-20(2)17(22)12-21-18(23)15-5-3-4-6-16(15)19(21)24/h3-4,7-10,15-16H,5-6,11-12H2,1-2H3/t15-,16+. The molecule has 0 unspecified atom stereocenters. The first kappa shape index (κ1) is 16.4. The van der Waals surface area contributed by atoms with E-state index in [1.54, 1.807) is 11.9 Å². The van der Waals surface area contributed by atoms with Gasteiger partial charge in [0.05, 0.1) is 11.8 Å². The van der Waals surface area contributed by atoms with Gasteiger partial charge in [0, 0.05) is 13.6 Å². The van der Waals surface area contributed by atoms with E-state index in [1.165, 1.54) is 0 Å². The van der Waals surface area contributed by atoms with E-state index in [4.69, 9.17) is 0 Å². The van der Waals surface area contributed by atoms with Gasteiger partial charge in [0.15, 0.2) is 0 Å². The Hall–Kier alpha value is -2.43. The summed E-state index contributed by atoms with van der Waals surface area (Å²) in [5.74, 6) is -1.18. The number of aryl methyl sites for hydroxylation is 1. The fourth-order valence-corrected chi connectivity index (χ4v) is 3.34. The van der Waals surface area contributed by atoms with Crippen molar-refractivity contribution in [2.24, 2.45) is 11.8 Å². The Labute approximate surface area is 141 Å². The van der Waals surface area contributed by atoms with Crippen molar-refractivity contribution in [3.8, 4) is 0 Å². The van der Waals surface area contributed by atoms with Crippen LogP contribution in [0, 0.1) is 18.8 Å². The summed E-state index contributed by atoms with van der Waals surface area (Å²) in [6.07, 6.45) is 5.08. The van der Waals surface area contributed by atoms with E-state index in [-0.39, 0.29) is 36.1 Å². The lowest BCUT2D eigenvalue weighted by molar-refractivity contribution is -0.146. The number of hydrogen-bond acceptors (Lipinski definition) is 3. The minimum absolute atomic E-state index is 0.160. The molecule has 0 radical (unpaired) electrons. The first-order valence-electron chi connectivity index (χ1n) is 8.27. The predicted octanol–water partition coefficient (Wildman–Crippen LogP) is 1.90. The minimum Gasteiger partial charge on any atom is -0.340 e. The molecular formula is C19H22N2O3. The van der Waals surface area contributed by atoms with Crippen LogP contribution in [0.4, 0.5) is 0 Å². The smallest absolute Gasteiger partial charge is 0.242 e. The van der Waals surface area contributed by atoms with Gasteiger partial charge in [-0.25, -0.2) is 0 Å². The van der Waals surface area contributed by atoms with Crippen LogP contribution in [-0.4, -0.2) is 41.1 Å². The molecule has 24 heavy (non-hydrogen) atoms. The van der Waals surface area contributed by atoms with Crippen molar-refractivity contribution < 1.29 is 14.4 Å². The number of allylic oxidation sites excluding steroid dienone is 2. The molecular weight excluding hydrogens is 304 g/mol. The van der Waals surface area contributed by atoms with E-state index in [9.17, 15) is 14.4 Å². The number of fused-ring (bicyclic) bond motifs is 1. The van der Waals surface area contributed by atoms with Crippen LogP contribution < -0.4 is 0 Å². The highest BCUT2D eigenvalue weighted by Crippen LogP contribution is 2.34. The fourth-order valence-electron chi connectivity index (χ4n) is 3.34. The van der Waals surface area contributed by atoms with Gasteiger partial charge in [-0.1, -0.05) is 42.0 Å². The Bertz CT molecular complexity index is 667. The zero-order valence-corrected chi connectivity index (χ0v) is 14.1. The normalized spacial score (nSPS) is 22.7. The van der Waals surface area contributed by atoms with Gasteiger partial charge < -0.3 is 4.90 Å². The van der Waals surface area contributed by atoms with Crippen LogP contribution in [0.1, 0.15) is 24.0 Å². The number of carbonyl (C=O) groups excluding carboxylic acids is 3. The summed E-state index contributed by atoms with van der Waals surface area (Å²) >= 11 is 0. The quantitative estimate of drug-likeness (QED) is 0.627. The number of rotatable bonds is 4. The molecule has 0 bridgehead atoms. The summed E-state index contributed by atoms with van der Waals surface area (Å²) in [4.78, 5) is 40.0. The molecule has 2 aliphatic rings. The largest absolute Gasteiger partial charge is 0.340 e. The maximum atomic E-state index is 12.4. The molecule has 1 aliphatic carbocycles. The number of hydrogen-bond donors (Lipinski definition) is 0. The van der Waals surface area contributed by atoms with Crippen molar-refractivity contribution in [3.63, 3.8) is 0 Å². The van der Waals surface area contributed by atoms with Crippen LogP contribution in [0.2, 0.25) is 0 Å². The van der Waals surface area contributed by atoms with Gasteiger partial charge in [0.25, 0.3) is 0 Å². The zero-order chi connectivity index (χ0) is 17.3. The summed E-state index contributed by atoms with van der Waals surface area (Å²) in [5, 5.41) is 0. The highest BCUT2D eigenvalue weighted by Gasteiger charge is 2.47.